The van der Waals surface area contributed by atoms with Crippen molar-refractivity contribution in [1.82, 2.24) is 0 Å². The number of carbonyl (C=O) groups is 1. The molecule has 0 aliphatic carbocycles. The van der Waals surface area contributed by atoms with E-state index in [9.17, 15) is 14.7 Å². The molecule has 0 aliphatic rings. The highest BCUT2D eigenvalue weighted by molar-refractivity contribution is 6.01. The third-order valence-corrected chi connectivity index (χ3v) is 3.82. The van der Waals surface area contributed by atoms with Crippen molar-refractivity contribution in [3.8, 4) is 5.75 Å². The predicted octanol–water partition coefficient (Wildman–Crippen LogP) is 3.30. The lowest BCUT2D eigenvalue weighted by Crippen LogP contribution is -2.34. The van der Waals surface area contributed by atoms with Crippen molar-refractivity contribution in [3.63, 3.8) is 0 Å². The molecule has 0 bridgehead atoms. The fraction of sp³-hybridized carbons (Fsp3) is 0.600. The summed E-state index contributed by atoms with van der Waals surface area (Å²) < 4.78 is 4.91. The average Bonchev–Trinajstić information content (AvgIpc) is 2.27. The molecule has 0 amide bonds. The summed E-state index contributed by atoms with van der Waals surface area (Å²) in [6.07, 6.45) is 1.85. The number of hydrogen-bond donors (Lipinski definition) is 1. The third-order valence-electron chi connectivity index (χ3n) is 3.82. The van der Waals surface area contributed by atoms with E-state index in [1.165, 1.54) is 6.07 Å². The Bertz CT molecular complexity index is 525. The van der Waals surface area contributed by atoms with Crippen molar-refractivity contribution in [1.29, 1.82) is 0 Å². The lowest BCUT2D eigenvalue weighted by Gasteiger charge is -2.30. The van der Waals surface area contributed by atoms with Crippen molar-refractivity contribution in [2.45, 2.75) is 47.5 Å². The summed E-state index contributed by atoms with van der Waals surface area (Å²) in [7, 11) is 0. The number of hydrogen-bond acceptors (Lipinski definition) is 4. The molecule has 1 rings (SSSR count). The van der Waals surface area contributed by atoms with Crippen LogP contribution >= 0.6 is 0 Å². The number of aromatic hydroxyl groups is 1. The standard InChI is InChI=1S/C15H22O4/c1-6-7-9(2)15(4,5)13(17)12-11(16)8-10(3)19-14(12)18/h8-9,16H,6-7H2,1-5H3. The van der Waals surface area contributed by atoms with E-state index < -0.39 is 11.0 Å². The van der Waals surface area contributed by atoms with E-state index in [1.54, 1.807) is 20.8 Å². The Labute approximate surface area is 113 Å². The minimum atomic E-state index is -0.765. The van der Waals surface area contributed by atoms with Gasteiger partial charge in [0.2, 0.25) is 0 Å². The van der Waals surface area contributed by atoms with Crippen LogP contribution in [0.5, 0.6) is 5.75 Å². The molecule has 106 valence electrons. The highest BCUT2D eigenvalue weighted by atomic mass is 16.4. The molecule has 19 heavy (non-hydrogen) atoms. The highest BCUT2D eigenvalue weighted by Crippen LogP contribution is 2.35. The van der Waals surface area contributed by atoms with E-state index in [0.29, 0.717) is 5.76 Å². The first kappa shape index (κ1) is 15.5. The van der Waals surface area contributed by atoms with Gasteiger partial charge in [-0.15, -0.1) is 0 Å². The van der Waals surface area contributed by atoms with Gasteiger partial charge in [0.15, 0.2) is 5.78 Å². The van der Waals surface area contributed by atoms with Gasteiger partial charge in [0.05, 0.1) is 0 Å². The van der Waals surface area contributed by atoms with Crippen LogP contribution in [0.1, 0.15) is 56.7 Å². The Morgan fingerprint density at radius 1 is 1.47 bits per heavy atom. The van der Waals surface area contributed by atoms with E-state index in [2.05, 4.69) is 6.92 Å². The molecule has 0 aromatic carbocycles. The normalized spacial score (nSPS) is 13.3. The summed E-state index contributed by atoms with van der Waals surface area (Å²) in [5.41, 5.74) is -1.71. The second kappa shape index (κ2) is 5.59. The van der Waals surface area contributed by atoms with Gasteiger partial charge >= 0.3 is 5.63 Å². The molecule has 1 heterocycles. The van der Waals surface area contributed by atoms with Gasteiger partial charge in [0.25, 0.3) is 0 Å². The van der Waals surface area contributed by atoms with Gasteiger partial charge in [0.1, 0.15) is 17.1 Å². The molecule has 1 aromatic heterocycles. The molecule has 0 spiro atoms. The minimum Gasteiger partial charge on any atom is -0.507 e. The van der Waals surface area contributed by atoms with Gasteiger partial charge in [-0.25, -0.2) is 4.79 Å². The van der Waals surface area contributed by atoms with Crippen molar-refractivity contribution in [2.75, 3.05) is 0 Å². The highest BCUT2D eigenvalue weighted by Gasteiger charge is 2.37. The van der Waals surface area contributed by atoms with Crippen LogP contribution in [0.2, 0.25) is 0 Å². The van der Waals surface area contributed by atoms with E-state index in [0.717, 1.165) is 12.8 Å². The first-order valence-corrected chi connectivity index (χ1v) is 6.60. The molecule has 0 radical (unpaired) electrons. The van der Waals surface area contributed by atoms with E-state index in [-0.39, 0.29) is 23.0 Å². The van der Waals surface area contributed by atoms with Crippen LogP contribution in [-0.4, -0.2) is 10.9 Å². The monoisotopic (exact) mass is 266 g/mol. The van der Waals surface area contributed by atoms with Crippen LogP contribution in [-0.2, 0) is 0 Å². The third kappa shape index (κ3) is 3.06. The van der Waals surface area contributed by atoms with Crippen molar-refractivity contribution >= 4 is 5.78 Å². The number of aryl methyl sites for hydroxylation is 1. The second-order valence-electron chi connectivity index (χ2n) is 5.65. The Balaban J connectivity index is 3.24. The zero-order chi connectivity index (χ0) is 14.8. The molecular formula is C15H22O4. The summed E-state index contributed by atoms with van der Waals surface area (Å²) in [5, 5.41) is 9.84. The fourth-order valence-corrected chi connectivity index (χ4v) is 2.14. The largest absolute Gasteiger partial charge is 0.507 e. The maximum atomic E-state index is 12.5. The number of rotatable bonds is 5. The molecule has 0 aliphatic heterocycles. The number of ketones is 1. The number of carbonyl (C=O) groups excluding carboxylic acids is 1. The smallest absolute Gasteiger partial charge is 0.350 e. The van der Waals surface area contributed by atoms with Crippen LogP contribution in [0.25, 0.3) is 0 Å². The lowest BCUT2D eigenvalue weighted by molar-refractivity contribution is 0.0740. The van der Waals surface area contributed by atoms with Crippen LogP contribution in [0.4, 0.5) is 0 Å². The predicted molar refractivity (Wildman–Crippen MR) is 73.6 cm³/mol. The van der Waals surface area contributed by atoms with Crippen LogP contribution in [0.3, 0.4) is 0 Å². The van der Waals surface area contributed by atoms with Crippen LogP contribution in [0, 0.1) is 18.3 Å². The zero-order valence-corrected chi connectivity index (χ0v) is 12.2. The maximum absolute atomic E-state index is 12.5. The first-order valence-electron chi connectivity index (χ1n) is 6.60. The van der Waals surface area contributed by atoms with Crippen molar-refractivity contribution in [3.05, 3.63) is 27.8 Å². The Morgan fingerprint density at radius 3 is 2.53 bits per heavy atom. The molecule has 4 nitrogen and oxygen atoms in total. The van der Waals surface area contributed by atoms with Gasteiger partial charge in [-0.2, -0.15) is 0 Å². The van der Waals surface area contributed by atoms with Crippen molar-refractivity contribution < 1.29 is 14.3 Å². The van der Waals surface area contributed by atoms with Gasteiger partial charge in [-0.1, -0.05) is 40.5 Å². The quantitative estimate of drug-likeness (QED) is 0.830. The van der Waals surface area contributed by atoms with E-state index >= 15 is 0 Å². The Morgan fingerprint density at radius 2 is 2.05 bits per heavy atom. The molecule has 4 heteroatoms. The minimum absolute atomic E-state index is 0.116. The molecule has 0 saturated heterocycles. The second-order valence-corrected chi connectivity index (χ2v) is 5.65. The van der Waals surface area contributed by atoms with Gasteiger partial charge in [-0.3, -0.25) is 4.79 Å². The fourth-order valence-electron chi connectivity index (χ4n) is 2.14. The summed E-state index contributed by atoms with van der Waals surface area (Å²) in [6, 6.07) is 1.30. The van der Waals surface area contributed by atoms with Crippen molar-refractivity contribution in [2.24, 2.45) is 11.3 Å². The summed E-state index contributed by atoms with van der Waals surface area (Å²) in [4.78, 5) is 24.3. The SMILES string of the molecule is CCCC(C)C(C)(C)C(=O)c1c(O)cc(C)oc1=O. The Hall–Kier alpha value is -1.58. The summed E-state index contributed by atoms with van der Waals surface area (Å²) >= 11 is 0. The summed E-state index contributed by atoms with van der Waals surface area (Å²) in [6.45, 7) is 9.19. The summed E-state index contributed by atoms with van der Waals surface area (Å²) in [5.74, 6) is -0.251. The lowest BCUT2D eigenvalue weighted by atomic mass is 9.72. The van der Waals surface area contributed by atoms with E-state index in [1.807, 2.05) is 6.92 Å². The topological polar surface area (TPSA) is 67.5 Å². The first-order chi connectivity index (χ1) is 8.71. The molecule has 0 saturated carbocycles. The van der Waals surface area contributed by atoms with E-state index in [4.69, 9.17) is 4.42 Å². The molecule has 1 atom stereocenters. The molecule has 1 aromatic rings. The maximum Gasteiger partial charge on any atom is 0.350 e. The Kier molecular flexibility index (Phi) is 4.56. The van der Waals surface area contributed by atoms with Gasteiger partial charge in [-0.05, 0) is 12.8 Å². The van der Waals surface area contributed by atoms with Gasteiger partial charge < -0.3 is 9.52 Å². The zero-order valence-electron chi connectivity index (χ0n) is 12.2. The molecule has 0 fully saturated rings. The van der Waals surface area contributed by atoms with Crippen LogP contribution < -0.4 is 5.63 Å². The molecule has 1 unspecified atom stereocenters. The number of Topliss-reactive ketones (excluding diaryl/α,β-unsaturated/α-hetero) is 1. The molecular weight excluding hydrogens is 244 g/mol. The van der Waals surface area contributed by atoms with Crippen LogP contribution in [0.15, 0.2) is 15.3 Å². The average molecular weight is 266 g/mol. The van der Waals surface area contributed by atoms with Gasteiger partial charge in [0, 0.05) is 11.5 Å². The molecule has 1 N–H and O–H groups in total.